The van der Waals surface area contributed by atoms with Crippen LogP contribution >= 0.6 is 0 Å². The highest BCUT2D eigenvalue weighted by Gasteiger charge is 2.58. The number of hydrogen-bond acceptors (Lipinski definition) is 4. The van der Waals surface area contributed by atoms with Crippen molar-refractivity contribution in [2.45, 2.75) is 12.1 Å². The molecule has 4 heteroatoms. The summed E-state index contributed by atoms with van der Waals surface area (Å²) in [7, 11) is 0. The van der Waals surface area contributed by atoms with Crippen LogP contribution in [-0.2, 0) is 10.5 Å². The van der Waals surface area contributed by atoms with Gasteiger partial charge in [-0.05, 0) is 0 Å². The fourth-order valence-electron chi connectivity index (χ4n) is 2.39. The van der Waals surface area contributed by atoms with Gasteiger partial charge in [-0.1, -0.05) is 24.3 Å². The van der Waals surface area contributed by atoms with Crippen molar-refractivity contribution in [3.8, 4) is 6.07 Å². The molecule has 86 valence electrons. The molecule has 0 N–H and O–H groups in total. The molecule has 17 heavy (non-hydrogen) atoms. The maximum Gasteiger partial charge on any atom is 0.176 e. The monoisotopic (exact) mass is 228 g/mol. The Morgan fingerprint density at radius 3 is 2.76 bits per heavy atom. The number of nitriles is 1. The van der Waals surface area contributed by atoms with Gasteiger partial charge in [-0.15, -0.1) is 0 Å². The van der Waals surface area contributed by atoms with Crippen molar-refractivity contribution in [1.29, 1.82) is 5.26 Å². The van der Waals surface area contributed by atoms with Gasteiger partial charge in [0.1, 0.15) is 0 Å². The number of rotatable bonds is 3. The smallest absolute Gasteiger partial charge is 0.176 e. The van der Waals surface area contributed by atoms with Gasteiger partial charge < -0.3 is 4.74 Å². The number of morpholine rings is 1. The van der Waals surface area contributed by atoms with Gasteiger partial charge in [-0.25, -0.2) is 0 Å². The van der Waals surface area contributed by atoms with E-state index < -0.39 is 0 Å². The minimum atomic E-state index is -0.212. The van der Waals surface area contributed by atoms with Crippen molar-refractivity contribution in [1.82, 2.24) is 4.90 Å². The fraction of sp³-hybridized carbons (Fsp3) is 0.385. The van der Waals surface area contributed by atoms with Crippen molar-refractivity contribution >= 4 is 5.78 Å². The van der Waals surface area contributed by atoms with E-state index >= 15 is 0 Å². The summed E-state index contributed by atoms with van der Waals surface area (Å²) < 4.78 is 5.74. The number of ketones is 1. The quantitative estimate of drug-likeness (QED) is 0.577. The Kier molecular flexibility index (Phi) is 2.25. The molecule has 0 bridgehead atoms. The molecule has 2 unspecified atom stereocenters. The first-order valence-electron chi connectivity index (χ1n) is 5.66. The van der Waals surface area contributed by atoms with Gasteiger partial charge in [0.2, 0.25) is 0 Å². The zero-order valence-corrected chi connectivity index (χ0v) is 9.35. The minimum absolute atomic E-state index is 0.0624. The van der Waals surface area contributed by atoms with Crippen molar-refractivity contribution in [3.63, 3.8) is 0 Å². The molecule has 2 heterocycles. The summed E-state index contributed by atoms with van der Waals surface area (Å²) in [5.74, 6) is -0.128. The van der Waals surface area contributed by atoms with E-state index in [1.165, 1.54) is 0 Å². The fourth-order valence-corrected chi connectivity index (χ4v) is 2.39. The van der Waals surface area contributed by atoms with E-state index in [9.17, 15) is 4.79 Å². The number of nitrogens with zero attached hydrogens (tertiary/aromatic N) is 2. The molecule has 2 fully saturated rings. The average molecular weight is 228 g/mol. The van der Waals surface area contributed by atoms with Crippen LogP contribution in [0, 0.1) is 11.3 Å². The second-order valence-corrected chi connectivity index (χ2v) is 4.39. The molecule has 3 rings (SSSR count). The lowest BCUT2D eigenvalue weighted by Gasteiger charge is -2.11. The molecule has 0 aromatic heterocycles. The zero-order chi connectivity index (χ0) is 11.9. The lowest BCUT2D eigenvalue weighted by atomic mass is 10.0. The standard InChI is InChI=1S/C13H12N2O2/c14-6-5-12(16)10-1-3-11(4-2-10)13-9-15(13)7-8-17-13/h1-4H,5,7-9H2. The third-order valence-electron chi connectivity index (χ3n) is 3.41. The molecule has 2 saturated heterocycles. The predicted molar refractivity (Wildman–Crippen MR) is 60.2 cm³/mol. The summed E-state index contributed by atoms with van der Waals surface area (Å²) in [4.78, 5) is 13.8. The van der Waals surface area contributed by atoms with Gasteiger partial charge in [0.05, 0.1) is 19.1 Å². The molecule has 2 atom stereocenters. The lowest BCUT2D eigenvalue weighted by Crippen LogP contribution is -2.12. The highest BCUT2D eigenvalue weighted by atomic mass is 16.5. The van der Waals surface area contributed by atoms with Crippen LogP contribution in [0.25, 0.3) is 0 Å². The normalized spacial score (nSPS) is 29.5. The van der Waals surface area contributed by atoms with E-state index in [2.05, 4.69) is 4.90 Å². The van der Waals surface area contributed by atoms with Crippen molar-refractivity contribution in [3.05, 3.63) is 35.4 Å². The summed E-state index contributed by atoms with van der Waals surface area (Å²) in [5.41, 5.74) is 1.48. The van der Waals surface area contributed by atoms with Crippen LogP contribution in [0.15, 0.2) is 24.3 Å². The molecule has 0 spiro atoms. The highest BCUT2D eigenvalue weighted by Crippen LogP contribution is 2.47. The van der Waals surface area contributed by atoms with Crippen LogP contribution in [0.5, 0.6) is 0 Å². The first-order chi connectivity index (χ1) is 8.26. The number of fused-ring (bicyclic) bond motifs is 1. The number of carbonyl (C=O) groups is 1. The Morgan fingerprint density at radius 2 is 2.24 bits per heavy atom. The van der Waals surface area contributed by atoms with Crippen molar-refractivity contribution < 1.29 is 9.53 Å². The predicted octanol–water partition coefficient (Wildman–Crippen LogP) is 1.28. The summed E-state index contributed by atoms with van der Waals surface area (Å²) in [6, 6.07) is 9.28. The van der Waals surface area contributed by atoms with Gasteiger partial charge in [-0.2, -0.15) is 5.26 Å². The number of carbonyl (C=O) groups excluding carboxylic acids is 1. The molecule has 1 aromatic carbocycles. The summed E-state index contributed by atoms with van der Waals surface area (Å²) in [5, 5.41) is 8.48. The molecule has 0 radical (unpaired) electrons. The van der Waals surface area contributed by atoms with E-state index in [4.69, 9.17) is 10.00 Å². The molecule has 0 amide bonds. The average Bonchev–Trinajstić information content (AvgIpc) is 2.93. The van der Waals surface area contributed by atoms with Crippen molar-refractivity contribution in [2.75, 3.05) is 19.7 Å². The summed E-state index contributed by atoms with van der Waals surface area (Å²) in [6.45, 7) is 2.70. The third-order valence-corrected chi connectivity index (χ3v) is 3.41. The van der Waals surface area contributed by atoms with Crippen LogP contribution < -0.4 is 0 Å². The van der Waals surface area contributed by atoms with E-state index in [0.717, 1.165) is 25.3 Å². The van der Waals surface area contributed by atoms with Gasteiger partial charge in [0.25, 0.3) is 0 Å². The summed E-state index contributed by atoms with van der Waals surface area (Å²) in [6.07, 6.45) is -0.0624. The van der Waals surface area contributed by atoms with Gasteiger partial charge in [-0.3, -0.25) is 9.69 Å². The molecule has 0 aliphatic carbocycles. The Bertz CT molecular complexity index is 503. The van der Waals surface area contributed by atoms with Gasteiger partial charge in [0.15, 0.2) is 11.5 Å². The SMILES string of the molecule is N#CCC(=O)c1ccc(C23CN2CCO3)cc1. The second-order valence-electron chi connectivity index (χ2n) is 4.39. The zero-order valence-electron chi connectivity index (χ0n) is 9.35. The Labute approximate surface area is 99.4 Å². The maximum absolute atomic E-state index is 11.5. The molecule has 2 aliphatic rings. The second kappa shape index (κ2) is 3.66. The minimum Gasteiger partial charge on any atom is -0.353 e. The number of hydrogen-bond donors (Lipinski definition) is 0. The van der Waals surface area contributed by atoms with Crippen molar-refractivity contribution in [2.24, 2.45) is 0 Å². The van der Waals surface area contributed by atoms with Gasteiger partial charge >= 0.3 is 0 Å². The number of ether oxygens (including phenoxy) is 1. The molecule has 2 aliphatic heterocycles. The molecular weight excluding hydrogens is 216 g/mol. The van der Waals surface area contributed by atoms with Gasteiger partial charge in [0, 0.05) is 24.2 Å². The Balaban J connectivity index is 1.82. The number of benzene rings is 1. The molecule has 4 nitrogen and oxygen atoms in total. The first kappa shape index (κ1) is 10.5. The lowest BCUT2D eigenvalue weighted by molar-refractivity contribution is 0.0588. The Morgan fingerprint density at radius 1 is 1.47 bits per heavy atom. The van der Waals surface area contributed by atoms with E-state index in [1.54, 1.807) is 12.1 Å². The first-order valence-corrected chi connectivity index (χ1v) is 5.66. The number of Topliss-reactive ketones (excluding diaryl/α,β-unsaturated/α-hetero) is 1. The van der Waals surface area contributed by atoms with E-state index in [1.807, 2.05) is 18.2 Å². The van der Waals surface area contributed by atoms with Crippen LogP contribution in [-0.4, -0.2) is 30.4 Å². The largest absolute Gasteiger partial charge is 0.353 e. The van der Waals surface area contributed by atoms with Crippen LogP contribution in [0.3, 0.4) is 0 Å². The highest BCUT2D eigenvalue weighted by molar-refractivity contribution is 5.97. The topological polar surface area (TPSA) is 53.1 Å². The van der Waals surface area contributed by atoms with E-state index in [-0.39, 0.29) is 17.9 Å². The summed E-state index contributed by atoms with van der Waals surface area (Å²) >= 11 is 0. The van der Waals surface area contributed by atoms with Crippen LogP contribution in [0.2, 0.25) is 0 Å². The third kappa shape index (κ3) is 1.55. The molecule has 0 saturated carbocycles. The molecular formula is C13H12N2O2. The molecule has 1 aromatic rings. The maximum atomic E-state index is 11.5. The van der Waals surface area contributed by atoms with E-state index in [0.29, 0.717) is 5.56 Å². The van der Waals surface area contributed by atoms with Crippen LogP contribution in [0.4, 0.5) is 0 Å². The Hall–Kier alpha value is -1.70. The van der Waals surface area contributed by atoms with Crippen LogP contribution in [0.1, 0.15) is 22.3 Å².